The highest BCUT2D eigenvalue weighted by Gasteiger charge is 2.42. The van der Waals surface area contributed by atoms with Crippen LogP contribution in [0.25, 0.3) is 21.3 Å². The van der Waals surface area contributed by atoms with Crippen LogP contribution in [0.1, 0.15) is 29.2 Å². The average molecular weight is 488 g/mol. The Balaban J connectivity index is 1.06. The first kappa shape index (κ1) is 20.8. The van der Waals surface area contributed by atoms with Crippen LogP contribution in [0.5, 0.6) is 0 Å². The van der Waals surface area contributed by atoms with E-state index in [4.69, 9.17) is 0 Å². The van der Waals surface area contributed by atoms with Crippen molar-refractivity contribution in [2.45, 2.75) is 18.9 Å². The highest BCUT2D eigenvalue weighted by molar-refractivity contribution is 7.16. The van der Waals surface area contributed by atoms with Gasteiger partial charge in [-0.3, -0.25) is 14.3 Å². The number of aryl methyl sites for hydroxylation is 1. The largest absolute Gasteiger partial charge is 0.354 e. The number of benzene rings is 1. The minimum absolute atomic E-state index is 0.0403. The van der Waals surface area contributed by atoms with Gasteiger partial charge in [0.25, 0.3) is 5.91 Å². The van der Waals surface area contributed by atoms with Crippen molar-refractivity contribution >= 4 is 33.3 Å². The van der Waals surface area contributed by atoms with Crippen molar-refractivity contribution in [3.8, 4) is 11.1 Å². The minimum atomic E-state index is 0.0403. The number of nitrogens with zero attached hydrogens (tertiary/aromatic N) is 7. The van der Waals surface area contributed by atoms with Crippen LogP contribution in [0.4, 0.5) is 5.82 Å². The Hall–Kier alpha value is -3.53. The first-order chi connectivity index (χ1) is 17.0. The number of amides is 1. The van der Waals surface area contributed by atoms with E-state index >= 15 is 0 Å². The molecule has 0 bridgehead atoms. The van der Waals surface area contributed by atoms with Gasteiger partial charge in [0.2, 0.25) is 0 Å². The highest BCUT2D eigenvalue weighted by Crippen LogP contribution is 2.36. The van der Waals surface area contributed by atoms with Gasteiger partial charge in [-0.25, -0.2) is 0 Å². The SMILES string of the molecule is Cn1c(=O)sc2cc(-c3cnnc(N4C[C@@H]5CN(C(=O)c6cnn(C7CC7)c6)C[C@H]5C4)c3)ccc21. The van der Waals surface area contributed by atoms with Crippen molar-refractivity contribution in [2.75, 3.05) is 31.1 Å². The number of aromatic nitrogens is 5. The number of thiazole rings is 1. The lowest BCUT2D eigenvalue weighted by Crippen LogP contribution is -2.33. The summed E-state index contributed by atoms with van der Waals surface area (Å²) in [5, 5.41) is 13.1. The molecule has 7 rings (SSSR count). The summed E-state index contributed by atoms with van der Waals surface area (Å²) in [5.41, 5.74) is 3.66. The quantitative estimate of drug-likeness (QED) is 0.440. The molecule has 3 fully saturated rings. The Bertz CT molecular complexity index is 1500. The van der Waals surface area contributed by atoms with E-state index in [-0.39, 0.29) is 10.8 Å². The molecule has 0 unspecified atom stereocenters. The first-order valence-electron chi connectivity index (χ1n) is 12.0. The molecule has 1 amide bonds. The number of hydrogen-bond donors (Lipinski definition) is 0. The molecule has 2 aliphatic heterocycles. The minimum Gasteiger partial charge on any atom is -0.354 e. The second-order valence-corrected chi connectivity index (χ2v) is 11.0. The third kappa shape index (κ3) is 3.54. The van der Waals surface area contributed by atoms with Gasteiger partial charge in [0.05, 0.1) is 34.2 Å². The number of carbonyl (C=O) groups is 1. The van der Waals surface area contributed by atoms with Gasteiger partial charge in [-0.05, 0) is 36.6 Å². The summed E-state index contributed by atoms with van der Waals surface area (Å²) in [6.45, 7) is 3.27. The van der Waals surface area contributed by atoms with Crippen LogP contribution < -0.4 is 9.77 Å². The molecule has 1 saturated carbocycles. The topological polar surface area (TPSA) is 89.2 Å². The zero-order chi connectivity index (χ0) is 23.7. The molecule has 5 heterocycles. The molecule has 178 valence electrons. The Morgan fingerprint density at radius 3 is 2.60 bits per heavy atom. The van der Waals surface area contributed by atoms with Gasteiger partial charge < -0.3 is 14.4 Å². The Kier molecular flexibility index (Phi) is 4.60. The molecule has 3 aromatic heterocycles. The van der Waals surface area contributed by atoms with Crippen LogP contribution in [0.3, 0.4) is 0 Å². The zero-order valence-electron chi connectivity index (χ0n) is 19.4. The molecule has 9 nitrogen and oxygen atoms in total. The lowest BCUT2D eigenvalue weighted by Gasteiger charge is -2.22. The zero-order valence-corrected chi connectivity index (χ0v) is 20.2. The molecule has 0 N–H and O–H groups in total. The predicted molar refractivity (Wildman–Crippen MR) is 134 cm³/mol. The summed E-state index contributed by atoms with van der Waals surface area (Å²) in [7, 11) is 1.80. The van der Waals surface area contributed by atoms with Crippen LogP contribution in [0.15, 0.2) is 47.7 Å². The van der Waals surface area contributed by atoms with E-state index in [0.717, 1.165) is 66.2 Å². The van der Waals surface area contributed by atoms with Gasteiger partial charge in [0.15, 0.2) is 5.82 Å². The van der Waals surface area contributed by atoms with Crippen LogP contribution in [0, 0.1) is 11.8 Å². The molecular formula is C25H25N7O2S. The standard InChI is InChI=1S/C25H25N7O2S/c1-29-21-5-2-15(6-22(21)35-25(29)34)16-7-23(28-26-8-16)30-10-18-12-31(13-19(18)11-30)24(33)17-9-27-32(14-17)20-3-4-20/h2,5-9,14,18-20H,3-4,10-13H2,1H3/t18-,19-/m1/s1. The monoisotopic (exact) mass is 487 g/mol. The van der Waals surface area contributed by atoms with Crippen molar-refractivity contribution in [1.82, 2.24) is 29.4 Å². The molecule has 3 aliphatic rings. The van der Waals surface area contributed by atoms with E-state index < -0.39 is 0 Å². The maximum Gasteiger partial charge on any atom is 0.307 e. The Labute approximate surface area is 205 Å². The Morgan fingerprint density at radius 1 is 1.03 bits per heavy atom. The molecule has 4 aromatic rings. The molecule has 0 radical (unpaired) electrons. The van der Waals surface area contributed by atoms with E-state index in [0.29, 0.717) is 23.4 Å². The summed E-state index contributed by atoms with van der Waals surface area (Å²) >= 11 is 1.26. The van der Waals surface area contributed by atoms with Crippen LogP contribution >= 0.6 is 11.3 Å². The van der Waals surface area contributed by atoms with Gasteiger partial charge in [-0.15, -0.1) is 5.10 Å². The summed E-state index contributed by atoms with van der Waals surface area (Å²) in [6.07, 6.45) is 7.72. The predicted octanol–water partition coefficient (Wildman–Crippen LogP) is 2.80. The molecule has 1 aromatic carbocycles. The van der Waals surface area contributed by atoms with Crippen molar-refractivity contribution in [1.29, 1.82) is 0 Å². The normalized spacial score (nSPS) is 21.7. The lowest BCUT2D eigenvalue weighted by atomic mass is 10.0. The summed E-state index contributed by atoms with van der Waals surface area (Å²) in [4.78, 5) is 29.3. The van der Waals surface area contributed by atoms with E-state index in [1.54, 1.807) is 24.0 Å². The van der Waals surface area contributed by atoms with Crippen LogP contribution in [-0.4, -0.2) is 61.5 Å². The number of fused-ring (bicyclic) bond motifs is 2. The lowest BCUT2D eigenvalue weighted by molar-refractivity contribution is 0.0782. The fraction of sp³-hybridized carbons (Fsp3) is 0.400. The first-order valence-corrected chi connectivity index (χ1v) is 12.9. The summed E-state index contributed by atoms with van der Waals surface area (Å²) in [6, 6.07) is 8.64. The molecule has 35 heavy (non-hydrogen) atoms. The average Bonchev–Trinajstić information content (AvgIpc) is 3.18. The molecule has 2 atom stereocenters. The maximum absolute atomic E-state index is 13.0. The number of rotatable bonds is 4. The van der Waals surface area contributed by atoms with Gasteiger partial charge in [0, 0.05) is 56.8 Å². The molecule has 2 saturated heterocycles. The maximum atomic E-state index is 13.0. The number of anilines is 1. The van der Waals surface area contributed by atoms with Crippen molar-refractivity contribution in [3.63, 3.8) is 0 Å². The summed E-state index contributed by atoms with van der Waals surface area (Å²) in [5.74, 6) is 1.82. The van der Waals surface area contributed by atoms with E-state index in [2.05, 4.69) is 32.3 Å². The van der Waals surface area contributed by atoms with Gasteiger partial charge in [0.1, 0.15) is 0 Å². The number of likely N-dealkylation sites (tertiary alicyclic amines) is 1. The van der Waals surface area contributed by atoms with Crippen LogP contribution in [-0.2, 0) is 7.05 Å². The van der Waals surface area contributed by atoms with Gasteiger partial charge in [-0.2, -0.15) is 10.2 Å². The third-order valence-electron chi connectivity index (χ3n) is 7.63. The second kappa shape index (κ2) is 7.74. The second-order valence-electron chi connectivity index (χ2n) is 9.99. The molecule has 0 spiro atoms. The third-order valence-corrected chi connectivity index (χ3v) is 8.63. The van der Waals surface area contributed by atoms with E-state index in [1.807, 2.05) is 27.9 Å². The van der Waals surface area contributed by atoms with Crippen LogP contribution in [0.2, 0.25) is 0 Å². The summed E-state index contributed by atoms with van der Waals surface area (Å²) < 4.78 is 4.58. The molecule has 1 aliphatic carbocycles. The fourth-order valence-corrected chi connectivity index (χ4v) is 6.42. The smallest absolute Gasteiger partial charge is 0.307 e. The fourth-order valence-electron chi connectivity index (χ4n) is 5.50. The number of carbonyl (C=O) groups excluding carboxylic acids is 1. The molecule has 10 heteroatoms. The van der Waals surface area contributed by atoms with Gasteiger partial charge in [-0.1, -0.05) is 17.4 Å². The highest BCUT2D eigenvalue weighted by atomic mass is 32.1. The van der Waals surface area contributed by atoms with Crippen molar-refractivity contribution in [3.05, 3.63) is 58.1 Å². The molecular weight excluding hydrogens is 462 g/mol. The Morgan fingerprint density at radius 2 is 1.83 bits per heavy atom. The number of hydrogen-bond acceptors (Lipinski definition) is 7. The van der Waals surface area contributed by atoms with E-state index in [1.165, 1.54) is 11.3 Å². The van der Waals surface area contributed by atoms with Crippen molar-refractivity contribution in [2.24, 2.45) is 18.9 Å². The van der Waals surface area contributed by atoms with Gasteiger partial charge >= 0.3 is 4.87 Å². The van der Waals surface area contributed by atoms with Crippen molar-refractivity contribution < 1.29 is 4.79 Å². The van der Waals surface area contributed by atoms with E-state index in [9.17, 15) is 9.59 Å².